The van der Waals surface area contributed by atoms with Gasteiger partial charge in [0.05, 0.1) is 5.69 Å². The lowest BCUT2D eigenvalue weighted by Gasteiger charge is -2.18. The van der Waals surface area contributed by atoms with Crippen molar-refractivity contribution >= 4 is 17.5 Å². The molecule has 0 bridgehead atoms. The highest BCUT2D eigenvalue weighted by Gasteiger charge is 2.17. The van der Waals surface area contributed by atoms with Crippen molar-refractivity contribution in [3.8, 4) is 0 Å². The number of amidine groups is 1. The van der Waals surface area contributed by atoms with E-state index in [0.717, 1.165) is 0 Å². The van der Waals surface area contributed by atoms with E-state index < -0.39 is 11.6 Å². The Kier molecular flexibility index (Phi) is 5.39. The average molecular weight is 383 g/mol. The molecule has 0 radical (unpaired) electrons. The van der Waals surface area contributed by atoms with Gasteiger partial charge in [-0.2, -0.15) is 0 Å². The van der Waals surface area contributed by atoms with Crippen molar-refractivity contribution in [1.82, 2.24) is 14.4 Å². The Labute approximate surface area is 162 Å². The smallest absolute Gasteiger partial charge is 0.328 e. The van der Waals surface area contributed by atoms with Crippen LogP contribution in [0.5, 0.6) is 0 Å². The van der Waals surface area contributed by atoms with Crippen molar-refractivity contribution < 1.29 is 13.9 Å². The lowest BCUT2D eigenvalue weighted by atomic mass is 10.1. The summed E-state index contributed by atoms with van der Waals surface area (Å²) in [5.74, 6) is -0.701. The third-order valence-electron chi connectivity index (χ3n) is 3.82. The van der Waals surface area contributed by atoms with Crippen LogP contribution in [-0.2, 0) is 16.0 Å². The van der Waals surface area contributed by atoms with Crippen molar-refractivity contribution in [1.29, 1.82) is 0 Å². The molecule has 0 spiro atoms. The molecule has 0 saturated heterocycles. The number of carbonyl (C=O) groups is 1. The molecule has 2 N–H and O–H groups in total. The summed E-state index contributed by atoms with van der Waals surface area (Å²) < 4.78 is 21.0. The maximum atomic E-state index is 14.1. The second-order valence-electron chi connectivity index (χ2n) is 7.29. The van der Waals surface area contributed by atoms with Crippen LogP contribution in [0.25, 0.3) is 5.65 Å². The van der Waals surface area contributed by atoms with Gasteiger partial charge < -0.3 is 14.9 Å². The van der Waals surface area contributed by atoms with Gasteiger partial charge in [-0.1, -0.05) is 18.2 Å². The summed E-state index contributed by atoms with van der Waals surface area (Å²) in [5.41, 5.74) is 7.47. The van der Waals surface area contributed by atoms with Crippen molar-refractivity contribution in [2.24, 2.45) is 10.7 Å². The molecule has 1 aromatic carbocycles. The highest BCUT2D eigenvalue weighted by Crippen LogP contribution is 2.16. The maximum absolute atomic E-state index is 14.1. The molecule has 0 aliphatic heterocycles. The molecule has 0 unspecified atom stereocenters. The number of nitrogens with zero attached hydrogens (tertiary/aromatic N) is 4. The highest BCUT2D eigenvalue weighted by molar-refractivity contribution is 5.96. The molecule has 146 valence electrons. The van der Waals surface area contributed by atoms with Crippen LogP contribution in [0.3, 0.4) is 0 Å². The molecule has 0 amide bonds. The summed E-state index contributed by atoms with van der Waals surface area (Å²) >= 11 is 0. The average Bonchev–Trinajstić information content (AvgIpc) is 3.09. The number of aliphatic imine (C=N–C) groups is 1. The molecule has 0 aliphatic rings. The van der Waals surface area contributed by atoms with E-state index in [1.807, 2.05) is 0 Å². The molecule has 8 heteroatoms. The van der Waals surface area contributed by atoms with Crippen molar-refractivity contribution in [2.75, 3.05) is 6.54 Å². The second-order valence-corrected chi connectivity index (χ2v) is 7.29. The van der Waals surface area contributed by atoms with Gasteiger partial charge in [-0.25, -0.2) is 14.4 Å². The minimum atomic E-state index is -0.595. The molecule has 0 saturated carbocycles. The number of hydrogen-bond acceptors (Lipinski definition) is 5. The summed E-state index contributed by atoms with van der Waals surface area (Å²) in [6, 6.07) is 6.50. The number of rotatable bonds is 5. The van der Waals surface area contributed by atoms with Gasteiger partial charge in [0.1, 0.15) is 29.5 Å². The van der Waals surface area contributed by atoms with E-state index in [0.29, 0.717) is 22.6 Å². The number of esters is 1. The zero-order chi connectivity index (χ0) is 20.3. The topological polar surface area (TPSA) is 94.9 Å². The molecule has 2 aromatic heterocycles. The van der Waals surface area contributed by atoms with Crippen LogP contribution in [0, 0.1) is 5.82 Å². The third kappa shape index (κ3) is 4.70. The van der Waals surface area contributed by atoms with Crippen molar-refractivity contribution in [3.63, 3.8) is 0 Å². The Morgan fingerprint density at radius 3 is 2.79 bits per heavy atom. The lowest BCUT2D eigenvalue weighted by Crippen LogP contribution is -2.26. The molecular weight excluding hydrogens is 361 g/mol. The first-order valence-corrected chi connectivity index (χ1v) is 8.81. The molecule has 3 rings (SSSR count). The van der Waals surface area contributed by atoms with Crippen LogP contribution >= 0.6 is 0 Å². The molecule has 0 atom stereocenters. The Morgan fingerprint density at radius 2 is 2.07 bits per heavy atom. The van der Waals surface area contributed by atoms with Gasteiger partial charge in [-0.3, -0.25) is 9.79 Å². The fourth-order valence-corrected chi connectivity index (χ4v) is 2.67. The molecule has 3 aromatic rings. The highest BCUT2D eigenvalue weighted by atomic mass is 19.1. The van der Waals surface area contributed by atoms with E-state index >= 15 is 0 Å². The molecule has 0 fully saturated rings. The van der Waals surface area contributed by atoms with Gasteiger partial charge in [0.15, 0.2) is 5.65 Å². The van der Waals surface area contributed by atoms with E-state index in [4.69, 9.17) is 10.5 Å². The summed E-state index contributed by atoms with van der Waals surface area (Å²) in [6.45, 7) is 5.12. The zero-order valence-corrected chi connectivity index (χ0v) is 16.0. The molecule has 2 heterocycles. The summed E-state index contributed by atoms with van der Waals surface area (Å²) in [7, 11) is 0. The number of aromatic nitrogens is 3. The fourth-order valence-electron chi connectivity index (χ4n) is 2.67. The van der Waals surface area contributed by atoms with Crippen molar-refractivity contribution in [2.45, 2.75) is 32.8 Å². The van der Waals surface area contributed by atoms with Gasteiger partial charge in [-0.15, -0.1) is 0 Å². The fraction of sp³-hybridized carbons (Fsp3) is 0.300. The monoisotopic (exact) mass is 383 g/mol. The minimum absolute atomic E-state index is 0.0937. The molecule has 0 aliphatic carbocycles. The summed E-state index contributed by atoms with van der Waals surface area (Å²) in [4.78, 5) is 24.7. The first-order chi connectivity index (χ1) is 13.2. The Balaban J connectivity index is 1.89. The van der Waals surface area contributed by atoms with Crippen LogP contribution in [0.2, 0.25) is 0 Å². The number of fused-ring (bicyclic) bond motifs is 1. The minimum Gasteiger partial charge on any atom is -0.459 e. The lowest BCUT2D eigenvalue weighted by molar-refractivity contribution is -0.152. The second kappa shape index (κ2) is 7.75. The number of benzene rings is 1. The largest absolute Gasteiger partial charge is 0.459 e. The van der Waals surface area contributed by atoms with Gasteiger partial charge in [0.25, 0.3) is 0 Å². The van der Waals surface area contributed by atoms with Crippen LogP contribution in [0.15, 0.2) is 47.8 Å². The van der Waals surface area contributed by atoms with E-state index in [1.165, 1.54) is 6.07 Å². The predicted octanol–water partition coefficient (Wildman–Crippen LogP) is 2.51. The third-order valence-corrected chi connectivity index (χ3v) is 3.82. The van der Waals surface area contributed by atoms with Gasteiger partial charge >= 0.3 is 5.97 Å². The van der Waals surface area contributed by atoms with E-state index in [9.17, 15) is 9.18 Å². The Bertz CT molecular complexity index is 1040. The first-order valence-electron chi connectivity index (χ1n) is 8.81. The number of carbonyl (C=O) groups excluding carboxylic acids is 1. The maximum Gasteiger partial charge on any atom is 0.328 e. The quantitative estimate of drug-likeness (QED) is 0.415. The normalized spacial score (nSPS) is 12.4. The Morgan fingerprint density at radius 1 is 1.32 bits per heavy atom. The molecular formula is C20H22FN5O2. The Hall–Kier alpha value is -3.29. The number of ether oxygens (including phenoxy) is 1. The number of hydrogen-bond donors (Lipinski definition) is 1. The predicted molar refractivity (Wildman–Crippen MR) is 104 cm³/mol. The molecule has 28 heavy (non-hydrogen) atoms. The number of nitrogens with two attached hydrogens (primary N) is 1. The van der Waals surface area contributed by atoms with Crippen LogP contribution < -0.4 is 5.73 Å². The van der Waals surface area contributed by atoms with Gasteiger partial charge in [-0.05, 0) is 32.4 Å². The SMILES string of the molecule is CC(C)(C)OC(=O)CN=C(N)c1cn2ccnc2c(Cc2ccccc2F)n1. The summed E-state index contributed by atoms with van der Waals surface area (Å²) in [6.07, 6.45) is 5.29. The summed E-state index contributed by atoms with van der Waals surface area (Å²) in [5, 5.41) is 0. The van der Waals surface area contributed by atoms with Gasteiger partial charge in [0.2, 0.25) is 0 Å². The van der Waals surface area contributed by atoms with E-state index in [2.05, 4.69) is 15.0 Å². The number of imidazole rings is 1. The number of halogens is 1. The standard InChI is InChI=1S/C20H22FN5O2/c1-20(2,3)28-17(27)11-24-18(22)16-12-26-9-8-23-19(26)15(25-16)10-13-6-4-5-7-14(13)21/h4-9,12H,10-11H2,1-3H3,(H2,22,24). The van der Waals surface area contributed by atoms with Crippen molar-refractivity contribution in [3.05, 3.63) is 65.6 Å². The first kappa shape index (κ1) is 19.5. The van der Waals surface area contributed by atoms with E-state index in [1.54, 1.807) is 62.0 Å². The van der Waals surface area contributed by atoms with E-state index in [-0.39, 0.29) is 24.6 Å². The zero-order valence-electron chi connectivity index (χ0n) is 16.0. The van der Waals surface area contributed by atoms with Gasteiger partial charge in [0, 0.05) is 25.0 Å². The van der Waals surface area contributed by atoms with Crippen LogP contribution in [-0.4, -0.2) is 38.3 Å². The molecule has 7 nitrogen and oxygen atoms in total. The van der Waals surface area contributed by atoms with Crippen LogP contribution in [0.4, 0.5) is 4.39 Å². The van der Waals surface area contributed by atoms with Crippen LogP contribution in [0.1, 0.15) is 37.7 Å².